The van der Waals surface area contributed by atoms with E-state index in [2.05, 4.69) is 76.9 Å². The number of urea groups is 1. The molecule has 3 aromatic carbocycles. The van der Waals surface area contributed by atoms with E-state index >= 15 is 0 Å². The molecule has 6 heteroatoms. The Labute approximate surface area is 203 Å². The van der Waals surface area contributed by atoms with E-state index < -0.39 is 0 Å². The second-order valence-corrected chi connectivity index (χ2v) is 9.66. The summed E-state index contributed by atoms with van der Waals surface area (Å²) in [4.78, 5) is 18.0. The van der Waals surface area contributed by atoms with Crippen molar-refractivity contribution >= 4 is 35.2 Å². The van der Waals surface area contributed by atoms with Gasteiger partial charge in [0.25, 0.3) is 0 Å². The highest BCUT2D eigenvalue weighted by Crippen LogP contribution is 2.37. The van der Waals surface area contributed by atoms with Crippen LogP contribution in [-0.2, 0) is 6.54 Å². The molecule has 166 valence electrons. The summed E-state index contributed by atoms with van der Waals surface area (Å²) in [6.07, 6.45) is 6.20. The highest BCUT2D eigenvalue weighted by atomic mass is 32.2. The molecule has 0 saturated carbocycles. The van der Waals surface area contributed by atoms with Gasteiger partial charge in [0.15, 0.2) is 0 Å². The fourth-order valence-electron chi connectivity index (χ4n) is 4.37. The van der Waals surface area contributed by atoms with Gasteiger partial charge >= 0.3 is 6.03 Å². The number of anilines is 1. The van der Waals surface area contributed by atoms with Gasteiger partial charge in [0.2, 0.25) is 0 Å². The van der Waals surface area contributed by atoms with Crippen molar-refractivity contribution in [3.63, 3.8) is 0 Å². The second-order valence-electron chi connectivity index (χ2n) is 7.90. The average molecular weight is 472 g/mol. The lowest BCUT2D eigenvalue weighted by atomic mass is 10.0. The van der Waals surface area contributed by atoms with Crippen molar-refractivity contribution < 1.29 is 4.79 Å². The number of hydrogen-bond donors (Lipinski definition) is 1. The molecule has 0 aliphatic carbocycles. The van der Waals surface area contributed by atoms with E-state index in [1.54, 1.807) is 23.5 Å². The fourth-order valence-corrected chi connectivity index (χ4v) is 5.24. The molecule has 2 heterocycles. The number of rotatable bonds is 4. The van der Waals surface area contributed by atoms with Gasteiger partial charge in [-0.3, -0.25) is 0 Å². The van der Waals surface area contributed by atoms with Gasteiger partial charge in [-0.1, -0.05) is 36.4 Å². The molecule has 2 amide bonds. The van der Waals surface area contributed by atoms with Crippen LogP contribution in [0.2, 0.25) is 0 Å². The summed E-state index contributed by atoms with van der Waals surface area (Å²) in [5, 5.41) is 3.15. The molecule has 0 spiro atoms. The van der Waals surface area contributed by atoms with E-state index in [-0.39, 0.29) is 12.1 Å². The number of carbonyl (C=O) groups is 1. The van der Waals surface area contributed by atoms with Crippen molar-refractivity contribution in [3.05, 3.63) is 108 Å². The SMILES string of the molecule is CSc1ccc([C@@H]2c3cccn3-c3ccccc3CN2C(=O)Nc2cccc(SC)c2)cc1. The van der Waals surface area contributed by atoms with Crippen molar-refractivity contribution in [2.75, 3.05) is 17.8 Å². The average Bonchev–Trinajstić information content (AvgIpc) is 3.28. The van der Waals surface area contributed by atoms with Crippen LogP contribution in [0.15, 0.2) is 101 Å². The zero-order valence-corrected chi connectivity index (χ0v) is 20.2. The van der Waals surface area contributed by atoms with Gasteiger partial charge in [0, 0.05) is 27.4 Å². The predicted octanol–water partition coefficient (Wildman–Crippen LogP) is 7.06. The molecule has 33 heavy (non-hydrogen) atoms. The van der Waals surface area contributed by atoms with Crippen LogP contribution in [0.4, 0.5) is 10.5 Å². The van der Waals surface area contributed by atoms with E-state index in [0.29, 0.717) is 6.54 Å². The third kappa shape index (κ3) is 4.28. The molecule has 0 bridgehead atoms. The van der Waals surface area contributed by atoms with Gasteiger partial charge in [-0.25, -0.2) is 4.79 Å². The topological polar surface area (TPSA) is 37.3 Å². The van der Waals surface area contributed by atoms with E-state index in [4.69, 9.17) is 0 Å². The van der Waals surface area contributed by atoms with Crippen molar-refractivity contribution in [2.24, 2.45) is 0 Å². The fraction of sp³-hybridized carbons (Fsp3) is 0.148. The van der Waals surface area contributed by atoms with Gasteiger partial charge < -0.3 is 14.8 Å². The molecular weight excluding hydrogens is 446 g/mol. The van der Waals surface area contributed by atoms with Crippen LogP contribution in [0.1, 0.15) is 22.9 Å². The molecule has 1 aliphatic rings. The second kappa shape index (κ2) is 9.41. The highest BCUT2D eigenvalue weighted by molar-refractivity contribution is 7.98. The van der Waals surface area contributed by atoms with Crippen LogP contribution in [0.5, 0.6) is 0 Å². The molecule has 0 unspecified atom stereocenters. The molecule has 4 nitrogen and oxygen atoms in total. The molecule has 0 saturated heterocycles. The lowest BCUT2D eigenvalue weighted by Gasteiger charge is -2.31. The third-order valence-corrected chi connectivity index (χ3v) is 7.45. The van der Waals surface area contributed by atoms with E-state index in [1.807, 2.05) is 41.5 Å². The van der Waals surface area contributed by atoms with E-state index in [1.165, 1.54) is 4.90 Å². The first-order valence-corrected chi connectivity index (χ1v) is 13.2. The number of nitrogens with one attached hydrogen (secondary N) is 1. The summed E-state index contributed by atoms with van der Waals surface area (Å²) in [6, 6.07) is 28.7. The first kappa shape index (κ1) is 21.7. The van der Waals surface area contributed by atoms with Crippen molar-refractivity contribution in [3.8, 4) is 5.69 Å². The minimum atomic E-state index is -0.216. The Hall–Kier alpha value is -3.09. The zero-order chi connectivity index (χ0) is 22.8. The Morgan fingerprint density at radius 3 is 2.45 bits per heavy atom. The molecule has 1 aromatic heterocycles. The molecule has 4 aromatic rings. The maximum Gasteiger partial charge on any atom is 0.322 e. The highest BCUT2D eigenvalue weighted by Gasteiger charge is 2.33. The Morgan fingerprint density at radius 1 is 0.879 bits per heavy atom. The van der Waals surface area contributed by atoms with Crippen LogP contribution in [0.3, 0.4) is 0 Å². The van der Waals surface area contributed by atoms with Gasteiger partial charge in [0.05, 0.1) is 18.3 Å². The number of hydrogen-bond acceptors (Lipinski definition) is 3. The van der Waals surface area contributed by atoms with E-state index in [0.717, 1.165) is 33.1 Å². The summed E-state index contributed by atoms with van der Waals surface area (Å²) in [7, 11) is 0. The minimum absolute atomic E-state index is 0.114. The smallest absolute Gasteiger partial charge is 0.318 e. The van der Waals surface area contributed by atoms with Gasteiger partial charge in [-0.2, -0.15) is 0 Å². The molecule has 1 aliphatic heterocycles. The number of thioether (sulfide) groups is 2. The van der Waals surface area contributed by atoms with Crippen molar-refractivity contribution in [2.45, 2.75) is 22.4 Å². The Kier molecular flexibility index (Phi) is 6.20. The number of amides is 2. The Balaban J connectivity index is 1.60. The molecular formula is C27H25N3OS2. The van der Waals surface area contributed by atoms with Crippen LogP contribution in [0.25, 0.3) is 5.69 Å². The number of nitrogens with zero attached hydrogens (tertiary/aromatic N) is 2. The van der Waals surface area contributed by atoms with Crippen LogP contribution in [0, 0.1) is 0 Å². The summed E-state index contributed by atoms with van der Waals surface area (Å²) < 4.78 is 2.21. The third-order valence-electron chi connectivity index (χ3n) is 5.98. The summed E-state index contributed by atoms with van der Waals surface area (Å²) >= 11 is 3.38. The van der Waals surface area contributed by atoms with Crippen molar-refractivity contribution in [1.29, 1.82) is 0 Å². The molecule has 1 N–H and O–H groups in total. The van der Waals surface area contributed by atoms with Gasteiger partial charge in [0.1, 0.15) is 0 Å². The number of carbonyl (C=O) groups excluding carboxylic acids is 1. The maximum absolute atomic E-state index is 13.8. The molecule has 5 rings (SSSR count). The first-order valence-electron chi connectivity index (χ1n) is 10.8. The van der Waals surface area contributed by atoms with Gasteiger partial charge in [-0.05, 0) is 72.2 Å². The lowest BCUT2D eigenvalue weighted by molar-refractivity contribution is 0.194. The minimum Gasteiger partial charge on any atom is -0.318 e. The zero-order valence-electron chi connectivity index (χ0n) is 18.6. The van der Waals surface area contributed by atoms with Crippen LogP contribution in [-0.4, -0.2) is 28.0 Å². The first-order chi connectivity index (χ1) is 16.2. The number of benzene rings is 3. The summed E-state index contributed by atoms with van der Waals surface area (Å²) in [5.74, 6) is 0. The normalized spacial score (nSPS) is 14.8. The number of fused-ring (bicyclic) bond motifs is 3. The predicted molar refractivity (Wildman–Crippen MR) is 139 cm³/mol. The largest absolute Gasteiger partial charge is 0.322 e. The monoisotopic (exact) mass is 471 g/mol. The van der Waals surface area contributed by atoms with Crippen LogP contribution < -0.4 is 5.32 Å². The number of aromatic nitrogens is 1. The quantitative estimate of drug-likeness (QED) is 0.324. The van der Waals surface area contributed by atoms with E-state index in [9.17, 15) is 4.79 Å². The summed E-state index contributed by atoms with van der Waals surface area (Å²) in [6.45, 7) is 0.515. The number of para-hydroxylation sites is 1. The van der Waals surface area contributed by atoms with Gasteiger partial charge in [-0.15, -0.1) is 23.5 Å². The molecule has 1 atom stereocenters. The molecule has 0 radical (unpaired) electrons. The summed E-state index contributed by atoms with van der Waals surface area (Å²) in [5.41, 5.74) is 5.20. The molecule has 0 fully saturated rings. The Bertz CT molecular complexity index is 1280. The lowest BCUT2D eigenvalue weighted by Crippen LogP contribution is -2.37. The standard InChI is InChI=1S/C27H25N3OS2/c1-32-22-14-12-19(13-15-22)26-25-11-6-16-29(25)24-10-4-3-7-20(24)18-30(26)27(31)28-21-8-5-9-23(17-21)33-2/h3-17,26H,18H2,1-2H3,(H,28,31)/t26-/m1/s1. The Morgan fingerprint density at radius 2 is 1.67 bits per heavy atom. The van der Waals surface area contributed by atoms with Crippen LogP contribution >= 0.6 is 23.5 Å². The van der Waals surface area contributed by atoms with Crippen molar-refractivity contribution in [1.82, 2.24) is 9.47 Å². The maximum atomic E-state index is 13.8.